The lowest BCUT2D eigenvalue weighted by atomic mass is 9.86. The topological polar surface area (TPSA) is 17.1 Å². The van der Waals surface area contributed by atoms with E-state index in [-0.39, 0.29) is 16.0 Å². The molecule has 0 aliphatic heterocycles. The van der Waals surface area contributed by atoms with Crippen LogP contribution in [-0.4, -0.2) is 10.6 Å². The van der Waals surface area contributed by atoms with E-state index in [1.165, 1.54) is 5.57 Å². The van der Waals surface area contributed by atoms with E-state index in [0.717, 1.165) is 6.42 Å². The number of hydrogen-bond acceptors (Lipinski definition) is 1. The maximum absolute atomic E-state index is 11.1. The van der Waals surface area contributed by atoms with Crippen molar-refractivity contribution in [3.05, 3.63) is 11.6 Å². The fourth-order valence-electron chi connectivity index (χ4n) is 1.14. The number of carbonyl (C=O) groups is 1. The van der Waals surface area contributed by atoms with Gasteiger partial charge in [0.15, 0.2) is 5.78 Å². The first kappa shape index (κ1) is 8.98. The number of rotatable bonds is 0. The summed E-state index contributed by atoms with van der Waals surface area (Å²) in [5, 5.41) is 0. The summed E-state index contributed by atoms with van der Waals surface area (Å²) in [5.41, 5.74) is 1.41. The lowest BCUT2D eigenvalue weighted by Gasteiger charge is -2.19. The lowest BCUT2D eigenvalue weighted by Crippen LogP contribution is -2.09. The van der Waals surface area contributed by atoms with Gasteiger partial charge in [0.1, 0.15) is 0 Å². The van der Waals surface area contributed by atoms with Crippen LogP contribution in [0.1, 0.15) is 27.2 Å². The van der Waals surface area contributed by atoms with E-state index in [1.54, 1.807) is 6.08 Å². The first-order valence-corrected chi connectivity index (χ1v) is 4.72. The average molecular weight is 217 g/mol. The third kappa shape index (κ3) is 1.92. The second-order valence-corrected chi connectivity index (χ2v) is 5.10. The van der Waals surface area contributed by atoms with Gasteiger partial charge in [0, 0.05) is 0 Å². The maximum Gasteiger partial charge on any atom is 0.169 e. The monoisotopic (exact) mass is 216 g/mol. The molecule has 0 aromatic heterocycles. The molecule has 1 atom stereocenters. The molecule has 1 aliphatic rings. The summed E-state index contributed by atoms with van der Waals surface area (Å²) in [4.78, 5) is 11.1. The Labute approximate surface area is 76.0 Å². The minimum Gasteiger partial charge on any atom is -0.294 e. The van der Waals surface area contributed by atoms with Crippen LogP contribution in [0.5, 0.6) is 0 Å². The molecule has 0 aromatic rings. The molecule has 0 heterocycles. The van der Waals surface area contributed by atoms with Gasteiger partial charge in [0.2, 0.25) is 0 Å². The number of carbonyl (C=O) groups excluding carboxylic acids is 1. The molecule has 62 valence electrons. The van der Waals surface area contributed by atoms with Crippen molar-refractivity contribution in [1.82, 2.24) is 0 Å². The van der Waals surface area contributed by atoms with Gasteiger partial charge < -0.3 is 0 Å². The Bertz CT molecular complexity index is 210. The summed E-state index contributed by atoms with van der Waals surface area (Å²) in [5.74, 6) is 0.218. The highest BCUT2D eigenvalue weighted by Crippen LogP contribution is 2.35. The molecule has 1 aliphatic carbocycles. The van der Waals surface area contributed by atoms with E-state index >= 15 is 0 Å². The van der Waals surface area contributed by atoms with Crippen LogP contribution < -0.4 is 0 Å². The number of halogens is 1. The predicted octanol–water partition coefficient (Wildman–Crippen LogP) is 2.70. The first-order valence-electron chi connectivity index (χ1n) is 3.80. The Balaban J connectivity index is 2.80. The third-order valence-electron chi connectivity index (χ3n) is 1.99. The van der Waals surface area contributed by atoms with Crippen LogP contribution in [0.25, 0.3) is 0 Å². The molecule has 1 rings (SSSR count). The molecule has 0 aromatic carbocycles. The molecular formula is C9H13BrO. The van der Waals surface area contributed by atoms with Gasteiger partial charge in [0.25, 0.3) is 0 Å². The number of hydrogen-bond donors (Lipinski definition) is 0. The van der Waals surface area contributed by atoms with Crippen molar-refractivity contribution in [3.8, 4) is 0 Å². The highest BCUT2D eigenvalue weighted by atomic mass is 79.9. The quantitative estimate of drug-likeness (QED) is 0.570. The van der Waals surface area contributed by atoms with E-state index in [4.69, 9.17) is 0 Å². The lowest BCUT2D eigenvalue weighted by molar-refractivity contribution is -0.113. The fraction of sp³-hybridized carbons (Fsp3) is 0.667. The largest absolute Gasteiger partial charge is 0.294 e. The summed E-state index contributed by atoms with van der Waals surface area (Å²) < 4.78 is 0. The SMILES string of the molecule is CC(C)(C)C1=CC(=O)C(Br)C1. The summed E-state index contributed by atoms with van der Waals surface area (Å²) in [6.45, 7) is 6.41. The van der Waals surface area contributed by atoms with Crippen molar-refractivity contribution in [2.45, 2.75) is 32.0 Å². The van der Waals surface area contributed by atoms with Crippen LogP contribution >= 0.6 is 15.9 Å². The van der Waals surface area contributed by atoms with Crippen molar-refractivity contribution in [2.24, 2.45) is 5.41 Å². The standard InChI is InChI=1S/C9H13BrO/c1-9(2,3)6-4-7(10)8(11)5-6/h5,7H,4H2,1-3H3. The highest BCUT2D eigenvalue weighted by Gasteiger charge is 2.28. The molecule has 1 nitrogen and oxygen atoms in total. The molecule has 2 heteroatoms. The molecule has 0 fully saturated rings. The highest BCUT2D eigenvalue weighted by molar-refractivity contribution is 9.10. The van der Waals surface area contributed by atoms with E-state index in [1.807, 2.05) is 0 Å². The smallest absolute Gasteiger partial charge is 0.169 e. The number of allylic oxidation sites excluding steroid dienone is 2. The van der Waals surface area contributed by atoms with Gasteiger partial charge in [-0.3, -0.25) is 4.79 Å². The molecule has 11 heavy (non-hydrogen) atoms. The Morgan fingerprint density at radius 1 is 1.55 bits per heavy atom. The zero-order valence-electron chi connectivity index (χ0n) is 7.15. The van der Waals surface area contributed by atoms with Crippen molar-refractivity contribution in [1.29, 1.82) is 0 Å². The predicted molar refractivity (Wildman–Crippen MR) is 49.9 cm³/mol. The van der Waals surface area contributed by atoms with Crippen molar-refractivity contribution in [2.75, 3.05) is 0 Å². The summed E-state index contributed by atoms with van der Waals surface area (Å²) >= 11 is 3.33. The van der Waals surface area contributed by atoms with Crippen molar-refractivity contribution >= 4 is 21.7 Å². The molecule has 0 N–H and O–H groups in total. The summed E-state index contributed by atoms with van der Waals surface area (Å²) in [6, 6.07) is 0. The van der Waals surface area contributed by atoms with Gasteiger partial charge in [-0.25, -0.2) is 0 Å². The molecule has 0 spiro atoms. The molecule has 1 unspecified atom stereocenters. The molecule has 0 radical (unpaired) electrons. The van der Waals surface area contributed by atoms with Crippen LogP contribution in [0.2, 0.25) is 0 Å². The van der Waals surface area contributed by atoms with Gasteiger partial charge in [-0.1, -0.05) is 42.3 Å². The van der Waals surface area contributed by atoms with Crippen LogP contribution in [0.3, 0.4) is 0 Å². The summed E-state index contributed by atoms with van der Waals surface area (Å²) in [6.07, 6.45) is 2.65. The van der Waals surface area contributed by atoms with Crippen LogP contribution in [0.4, 0.5) is 0 Å². The van der Waals surface area contributed by atoms with Crippen molar-refractivity contribution in [3.63, 3.8) is 0 Å². The Hall–Kier alpha value is -0.110. The zero-order chi connectivity index (χ0) is 8.65. The maximum atomic E-state index is 11.1. The van der Waals surface area contributed by atoms with Gasteiger partial charge in [-0.15, -0.1) is 0 Å². The van der Waals surface area contributed by atoms with Crippen LogP contribution in [0.15, 0.2) is 11.6 Å². The second kappa shape index (κ2) is 2.74. The molecule has 0 saturated heterocycles. The number of ketones is 1. The van der Waals surface area contributed by atoms with Crippen LogP contribution in [0, 0.1) is 5.41 Å². The zero-order valence-corrected chi connectivity index (χ0v) is 8.73. The van der Waals surface area contributed by atoms with Crippen LogP contribution in [-0.2, 0) is 4.79 Å². The van der Waals surface area contributed by atoms with Gasteiger partial charge in [0.05, 0.1) is 4.83 Å². The van der Waals surface area contributed by atoms with E-state index in [0.29, 0.717) is 0 Å². The minimum absolute atomic E-state index is 0.0386. The Kier molecular flexibility index (Phi) is 2.24. The van der Waals surface area contributed by atoms with E-state index in [2.05, 4.69) is 36.7 Å². The molecule has 0 amide bonds. The van der Waals surface area contributed by atoms with E-state index < -0.39 is 0 Å². The minimum atomic E-state index is 0.0386. The molecular weight excluding hydrogens is 204 g/mol. The van der Waals surface area contributed by atoms with Gasteiger partial charge in [-0.05, 0) is 17.9 Å². The molecule has 0 saturated carbocycles. The van der Waals surface area contributed by atoms with E-state index in [9.17, 15) is 4.79 Å². The normalized spacial score (nSPS) is 25.6. The Morgan fingerprint density at radius 2 is 2.09 bits per heavy atom. The third-order valence-corrected chi connectivity index (χ3v) is 2.76. The van der Waals surface area contributed by atoms with Gasteiger partial charge >= 0.3 is 0 Å². The fourth-order valence-corrected chi connectivity index (χ4v) is 1.62. The molecule has 0 bridgehead atoms. The second-order valence-electron chi connectivity index (χ2n) is 3.99. The average Bonchev–Trinajstić information content (AvgIpc) is 2.11. The van der Waals surface area contributed by atoms with Crippen molar-refractivity contribution < 1.29 is 4.79 Å². The first-order chi connectivity index (χ1) is 4.91. The number of alkyl halides is 1. The summed E-state index contributed by atoms with van der Waals surface area (Å²) in [7, 11) is 0. The Morgan fingerprint density at radius 3 is 2.27 bits per heavy atom. The van der Waals surface area contributed by atoms with Gasteiger partial charge in [-0.2, -0.15) is 0 Å².